The highest BCUT2D eigenvalue weighted by Crippen LogP contribution is 2.62. The first kappa shape index (κ1) is 88.3. The number of nitrogens with two attached hydrogens (primary N) is 3. The molecule has 6 aromatic rings. The number of fused-ring (bicyclic) bond motifs is 4. The van der Waals surface area contributed by atoms with E-state index in [1.807, 2.05) is 0 Å². The summed E-state index contributed by atoms with van der Waals surface area (Å²) < 4.78 is 137. The highest BCUT2D eigenvalue weighted by atomic mass is 32.7. The molecule has 0 bridgehead atoms. The number of methoxy groups -OCH3 is 1. The van der Waals surface area contributed by atoms with Gasteiger partial charge in [0.2, 0.25) is 0 Å². The lowest BCUT2D eigenvalue weighted by atomic mass is 9.89. The van der Waals surface area contributed by atoms with Gasteiger partial charge in [-0.25, -0.2) is 63.1 Å². The van der Waals surface area contributed by atoms with Crippen LogP contribution in [0.15, 0.2) is 38.0 Å². The van der Waals surface area contributed by atoms with Crippen LogP contribution in [0.1, 0.15) is 199 Å². The first-order chi connectivity index (χ1) is 53.4. The van der Waals surface area contributed by atoms with E-state index in [9.17, 15) is 52.5 Å². The molecule has 620 valence electrons. The number of unbranched alkanes of at least 4 members (excludes halogenated alkanes) is 20. The topological polar surface area (TPSA) is 532 Å². The van der Waals surface area contributed by atoms with Crippen LogP contribution in [0.25, 0.3) is 33.5 Å². The predicted molar refractivity (Wildman–Crippen MR) is 406 cm³/mol. The quantitative estimate of drug-likeness (QED) is 0.00999. The molecule has 0 radical (unpaired) electrons. The maximum Gasteiger partial charge on any atom is 0.472 e. The molecule has 39 nitrogen and oxygen atoms in total. The molecule has 0 aliphatic carbocycles. The van der Waals surface area contributed by atoms with Crippen molar-refractivity contribution in [3.63, 3.8) is 0 Å². The normalized spacial score (nSPS) is 25.6. The van der Waals surface area contributed by atoms with E-state index in [1.54, 1.807) is 0 Å². The summed E-state index contributed by atoms with van der Waals surface area (Å²) in [6.45, 7) is -7.71. The van der Waals surface area contributed by atoms with Gasteiger partial charge in [0, 0.05) is 38.1 Å². The maximum absolute atomic E-state index is 14.7. The first-order valence-electron chi connectivity index (χ1n) is 37.9. The number of hydrogen-bond acceptors (Lipinski definition) is 34. The Kier molecular flexibility index (Phi) is 33.6. The van der Waals surface area contributed by atoms with Gasteiger partial charge >= 0.3 is 41.2 Å². The average molecular weight is 1680 g/mol. The summed E-state index contributed by atoms with van der Waals surface area (Å²) >= 11 is 1.00. The number of carbonyl (C=O) groups is 2. The van der Waals surface area contributed by atoms with Gasteiger partial charge in [-0.3, -0.25) is 50.4 Å². The van der Waals surface area contributed by atoms with Gasteiger partial charge in [-0.05, 0) is 48.4 Å². The van der Waals surface area contributed by atoms with E-state index >= 15 is 0 Å². The summed E-state index contributed by atoms with van der Waals surface area (Å²) in [6.07, 6.45) is 14.7. The summed E-state index contributed by atoms with van der Waals surface area (Å²) in [7, 11) is -9.81. The Morgan fingerprint density at radius 3 is 1.43 bits per heavy atom. The molecular weight excluding hydrogens is 1570 g/mol. The SMILES string of the molecule is CCCCCCCCCCCCCC(=O)OCCSP(=O)(O)OC[C@H]1O[C@@H](n2cnc3c(N)ncnc32)C(OP(=O)(O)OC[C@H]2O[C@@H](n3cnc4c(N)ncnc43)C(OP(=O)(O)OC[C@]34CCCO[C@@H]3C(OP(=O)(O)SCCOC(=O)CCCCCCCCCCCCC)[C@H](n3cnc5c(N)ncnc53)O4)[C@H]2O)[C@H]1OC. The number of hydrogen-bond donors (Lipinski definition) is 8. The monoisotopic (exact) mass is 1680 g/mol. The number of nitrogens with zero attached hydrogens (tertiary/aromatic N) is 12. The van der Waals surface area contributed by atoms with E-state index in [4.69, 9.17) is 77.5 Å². The molecule has 4 aliphatic rings. The van der Waals surface area contributed by atoms with Crippen LogP contribution in [0.3, 0.4) is 0 Å². The van der Waals surface area contributed by atoms with E-state index < -0.39 is 134 Å². The Morgan fingerprint density at radius 2 is 0.946 bits per heavy atom. The highest BCUT2D eigenvalue weighted by Gasteiger charge is 2.62. The minimum atomic E-state index is -5.54. The molecule has 4 aliphatic heterocycles. The number of aromatic nitrogens is 12. The van der Waals surface area contributed by atoms with E-state index in [0.717, 1.165) is 63.9 Å². The van der Waals surface area contributed by atoms with Crippen LogP contribution in [0, 0.1) is 0 Å². The van der Waals surface area contributed by atoms with Gasteiger partial charge in [-0.2, -0.15) is 0 Å². The largest absolute Gasteiger partial charge is 0.472 e. The Bertz CT molecular complexity index is 4160. The first-order valence-corrected chi connectivity index (χ1v) is 47.2. The van der Waals surface area contributed by atoms with E-state index in [1.165, 1.54) is 123 Å². The van der Waals surface area contributed by atoms with E-state index in [2.05, 4.69) is 58.7 Å². The summed E-state index contributed by atoms with van der Waals surface area (Å²) in [5.41, 5.74) is 17.1. The number of phosphoric acid groups is 2. The number of nitrogen functional groups attached to an aromatic ring is 3. The van der Waals surface area contributed by atoms with Crippen LogP contribution in [-0.2, 0) is 88.1 Å². The fourth-order valence-corrected chi connectivity index (χ4v) is 20.3. The lowest BCUT2D eigenvalue weighted by Crippen LogP contribution is -2.51. The summed E-state index contributed by atoms with van der Waals surface area (Å²) in [4.78, 5) is 109. The molecule has 111 heavy (non-hydrogen) atoms. The second-order valence-electron chi connectivity index (χ2n) is 27.7. The van der Waals surface area contributed by atoms with Crippen molar-refractivity contribution in [2.45, 2.75) is 254 Å². The minimum absolute atomic E-state index is 0.00934. The maximum atomic E-state index is 14.7. The third-order valence-corrected chi connectivity index (χ3v) is 27.5. The molecule has 0 aromatic carbocycles. The summed E-state index contributed by atoms with van der Waals surface area (Å²) in [6, 6.07) is 0. The summed E-state index contributed by atoms with van der Waals surface area (Å²) in [5.74, 6) is -1.26. The van der Waals surface area contributed by atoms with E-state index in [-0.39, 0.29) is 108 Å². The number of carbonyl (C=O) groups excluding carboxylic acids is 2. The van der Waals surface area contributed by atoms with Gasteiger partial charge < -0.3 is 75.0 Å². The zero-order valence-corrected chi connectivity index (χ0v) is 67.8. The van der Waals surface area contributed by atoms with Crippen molar-refractivity contribution in [2.75, 3.05) is 75.5 Å². The van der Waals surface area contributed by atoms with Crippen molar-refractivity contribution in [1.82, 2.24) is 58.6 Å². The number of aliphatic hydroxyl groups excluding tert-OH is 1. The Labute approximate surface area is 650 Å². The second kappa shape index (κ2) is 42.2. The molecule has 4 fully saturated rings. The van der Waals surface area contributed by atoms with Crippen molar-refractivity contribution in [1.29, 1.82) is 0 Å². The lowest BCUT2D eigenvalue weighted by molar-refractivity contribution is -0.165. The molecule has 10 rings (SSSR count). The van der Waals surface area contributed by atoms with Gasteiger partial charge in [-0.1, -0.05) is 142 Å². The van der Waals surface area contributed by atoms with Crippen molar-refractivity contribution >= 4 is 115 Å². The van der Waals surface area contributed by atoms with Gasteiger partial charge in [0.1, 0.15) is 103 Å². The number of rotatable bonds is 51. The number of esters is 2. The molecule has 16 atom stereocenters. The molecule has 0 saturated carbocycles. The number of aliphatic hydroxyl groups is 1. The van der Waals surface area contributed by atoms with Crippen molar-refractivity contribution in [3.8, 4) is 0 Å². The third kappa shape index (κ3) is 24.5. The van der Waals surface area contributed by atoms with Gasteiger partial charge in [-0.15, -0.1) is 0 Å². The van der Waals surface area contributed by atoms with Crippen LogP contribution in [0.2, 0.25) is 0 Å². The molecule has 45 heteroatoms. The van der Waals surface area contributed by atoms with Gasteiger partial charge in [0.05, 0.1) is 38.8 Å². The Hall–Kier alpha value is -5.03. The fraction of sp³-hybridized carbons (Fsp3) is 0.742. The van der Waals surface area contributed by atoms with Crippen LogP contribution < -0.4 is 17.2 Å². The second-order valence-corrected chi connectivity index (χ2v) is 38.5. The molecule has 6 aromatic heterocycles. The standard InChI is InChI=1S/C66H105N15O24P4S2/c1-4-6-8-10-12-14-16-18-20-22-24-27-46(82)94-31-33-110-108(89,90)98-36-45-52(93-3)54(64(101-45)80-42-77-49-58(68)71-39-74-61(49)80)104-106(85,86)97-35-44-51(84)53(63(100-44)79-41-76-48-57(67)70-38-73-60(48)79)103-107(87,88)99-37-66-29-26-30-96-56(66)55(65(102-66)81-43-78-50-59(69)72-40-75-62(50)81)105-109(91,92)111-34-32-95-47(83)28-25-23-21-19-17-15-13-11-9-7-5-2/h38-45,51-56,63-65,84H,4-37H2,1-3H3,(H,85,86)(H,87,88)(H,89,90)(H,91,92)(H2,67,70,73)(H2,68,71,74)(H2,69,72,75)/t44-,45-,51+,52+,53?,54?,55?,56-,63-,64-,65-,66-/m1/s1. The smallest absolute Gasteiger partial charge is 0.465 e. The Morgan fingerprint density at radius 1 is 0.523 bits per heavy atom. The average Bonchev–Trinajstić information content (AvgIpc) is 1.58. The van der Waals surface area contributed by atoms with Crippen LogP contribution in [0.4, 0.5) is 17.5 Å². The van der Waals surface area contributed by atoms with Gasteiger partial charge in [0.15, 0.2) is 53.1 Å². The minimum Gasteiger partial charge on any atom is -0.465 e. The zero-order valence-electron chi connectivity index (χ0n) is 62.6. The van der Waals surface area contributed by atoms with Crippen molar-refractivity contribution < 1.29 is 113 Å². The van der Waals surface area contributed by atoms with Crippen LogP contribution in [0.5, 0.6) is 0 Å². The molecule has 0 amide bonds. The molecule has 0 spiro atoms. The third-order valence-electron chi connectivity index (χ3n) is 19.6. The molecule has 11 N–H and O–H groups in total. The molecular formula is C66H105N15O24P4S2. The predicted octanol–water partition coefficient (Wildman–Crippen LogP) is 10.4. The number of anilines is 3. The zero-order chi connectivity index (χ0) is 79.2. The van der Waals surface area contributed by atoms with Gasteiger partial charge in [0.25, 0.3) is 0 Å². The Balaban J connectivity index is 0.781. The van der Waals surface area contributed by atoms with E-state index in [0.29, 0.717) is 35.6 Å². The van der Waals surface area contributed by atoms with Crippen molar-refractivity contribution in [3.05, 3.63) is 38.0 Å². The summed E-state index contributed by atoms with van der Waals surface area (Å²) in [5, 5.41) is 12.2. The molecule has 7 unspecified atom stereocenters. The lowest BCUT2D eigenvalue weighted by Gasteiger charge is -2.38. The number of phosphoric ester groups is 2. The van der Waals surface area contributed by atoms with Crippen LogP contribution in [-0.4, -0.2) is 208 Å². The number of imidazole rings is 3. The molecule has 4 saturated heterocycles. The van der Waals surface area contributed by atoms with Crippen LogP contribution >= 0.6 is 52.0 Å². The number of ether oxygens (including phenoxy) is 7. The molecule has 10 heterocycles. The fourth-order valence-electron chi connectivity index (χ4n) is 13.9. The highest BCUT2D eigenvalue weighted by molar-refractivity contribution is 8.55. The van der Waals surface area contributed by atoms with Crippen molar-refractivity contribution in [2.24, 2.45) is 0 Å².